The Balaban J connectivity index is 0.000000136. The van der Waals surface area contributed by atoms with Gasteiger partial charge in [0.05, 0.1) is 46.0 Å². The van der Waals surface area contributed by atoms with Crippen molar-refractivity contribution in [1.29, 1.82) is 0 Å². The molecule has 3 N–H and O–H groups in total. The fourth-order valence-corrected chi connectivity index (χ4v) is 17.0. The Labute approximate surface area is 805 Å². The van der Waals surface area contributed by atoms with E-state index in [0.29, 0.717) is 69.6 Å². The number of halogens is 4. The van der Waals surface area contributed by atoms with Gasteiger partial charge in [0.1, 0.15) is 104 Å². The predicted octanol–water partition coefficient (Wildman–Crippen LogP) is 14.8. The molecule has 726 valence electrons. The van der Waals surface area contributed by atoms with Crippen LogP contribution in [0, 0.1) is 23.3 Å². The molecule has 15 aromatic rings. The number of esters is 2. The zero-order valence-corrected chi connectivity index (χ0v) is 77.4. The van der Waals surface area contributed by atoms with E-state index in [4.69, 9.17) is 42.6 Å². The molecule has 0 fully saturated rings. The third-order valence-electron chi connectivity index (χ3n) is 24.0. The number of aliphatic hydroxyl groups is 1. The number of hydrogen-bond donors (Lipinski definition) is 3. The second-order valence-electron chi connectivity index (χ2n) is 33.5. The number of aliphatic hydroxyl groups excluding tert-OH is 1. The second kappa shape index (κ2) is 43.0. The van der Waals surface area contributed by atoms with E-state index in [1.165, 1.54) is 93.0 Å². The minimum Gasteiger partial charge on any atom is -0.505 e. The number of carbonyl (C=O) groups is 7. The molecular weight excluding hydrogens is 1840 g/mol. The van der Waals surface area contributed by atoms with Crippen molar-refractivity contribution in [3.05, 3.63) is 361 Å². The van der Waals surface area contributed by atoms with Gasteiger partial charge in [0.25, 0.3) is 22.2 Å². The van der Waals surface area contributed by atoms with Crippen LogP contribution in [0.3, 0.4) is 0 Å². The number of pyridine rings is 8. The summed E-state index contributed by atoms with van der Waals surface area (Å²) in [4.78, 5) is 160. The van der Waals surface area contributed by atoms with Crippen molar-refractivity contribution in [3.8, 4) is 46.0 Å². The van der Waals surface area contributed by atoms with Gasteiger partial charge in [-0.1, -0.05) is 153 Å². The first-order valence-electron chi connectivity index (χ1n) is 45.5. The molecular formula is C107H92F4N8O23. The van der Waals surface area contributed by atoms with E-state index in [-0.39, 0.29) is 193 Å². The second-order valence-corrected chi connectivity index (χ2v) is 33.5. The van der Waals surface area contributed by atoms with E-state index < -0.39 is 87.4 Å². The summed E-state index contributed by atoms with van der Waals surface area (Å²) in [7, 11) is 0. The van der Waals surface area contributed by atoms with Crippen LogP contribution in [0.15, 0.2) is 232 Å². The molecule has 0 saturated carbocycles. The highest BCUT2D eigenvalue weighted by atomic mass is 19.1. The van der Waals surface area contributed by atoms with Crippen LogP contribution in [-0.4, -0.2) is 139 Å². The molecule has 0 radical (unpaired) electrons. The summed E-state index contributed by atoms with van der Waals surface area (Å²) in [5, 5.41) is 30.2. The lowest BCUT2D eigenvalue weighted by Crippen LogP contribution is -2.41. The molecule has 7 aromatic carbocycles. The number of benzene rings is 7. The molecule has 0 saturated heterocycles. The van der Waals surface area contributed by atoms with Gasteiger partial charge in [0.15, 0.2) is 92.5 Å². The summed E-state index contributed by atoms with van der Waals surface area (Å²) in [6, 6.07) is 51.8. The number of Topliss-reactive ketones (excluding diaryl/α,β-unsaturated/α-hetero) is 4. The first-order valence-corrected chi connectivity index (χ1v) is 45.5. The Morgan fingerprint density at radius 3 is 0.965 bits per heavy atom. The van der Waals surface area contributed by atoms with Crippen LogP contribution in [0.25, 0.3) is 44.1 Å². The molecule has 35 heteroatoms. The van der Waals surface area contributed by atoms with Gasteiger partial charge < -0.3 is 58.0 Å². The van der Waals surface area contributed by atoms with Crippen LogP contribution >= 0.6 is 0 Å². The van der Waals surface area contributed by atoms with E-state index in [1.807, 2.05) is 91.0 Å². The highest BCUT2D eigenvalue weighted by molar-refractivity contribution is 6.05. The Hall–Kier alpha value is -16.9. The molecule has 142 heavy (non-hydrogen) atoms. The number of ketones is 4. The van der Waals surface area contributed by atoms with Crippen molar-refractivity contribution in [3.63, 3.8) is 0 Å². The third-order valence-corrected chi connectivity index (χ3v) is 24.0. The van der Waals surface area contributed by atoms with Gasteiger partial charge in [-0.3, -0.25) is 76.6 Å². The lowest BCUT2D eigenvalue weighted by atomic mass is 10.0. The molecule has 19 rings (SSSR count). The molecule has 0 bridgehead atoms. The van der Waals surface area contributed by atoms with Crippen LogP contribution in [0.4, 0.5) is 17.6 Å². The van der Waals surface area contributed by atoms with Gasteiger partial charge in [-0.15, -0.1) is 0 Å². The fraction of sp³-hybridized carbons (Fsp3) is 0.243. The molecule has 8 aromatic heterocycles. The fourth-order valence-electron chi connectivity index (χ4n) is 17.0. The molecule has 0 amide bonds. The first kappa shape index (κ1) is 98.2. The number of rotatable bonds is 29. The SMILES string of the molecule is CC(=O)c1c(OCc2ccccc2)c2ncc(Cc3ccc(F)cc3)c3c2n(c1=O)C[C@H](C(=O)O)O3.CC(=O)c1c(OCc2ccccc2)c2ncc(Cc3ccc(F)cc3)c3c2n(c1=O)C[C@H](CO)O3.CCOC(=O)c1c(O)c2ncc(Cc3ccc(F)cc3)c3c2n(c1=O)C[C@H](C(=O)CC)O3.CCOC(=O)c1c(OCc2ccccc2)c2ncc(Cc3ccc(F)cc3)c3c2n(c1=O)C[C@H](C(=O)CC)O3. The summed E-state index contributed by atoms with van der Waals surface area (Å²) in [6.07, 6.45) is 3.88. The maximum atomic E-state index is 13.9. The van der Waals surface area contributed by atoms with Gasteiger partial charge in [-0.2, -0.15) is 0 Å². The Morgan fingerprint density at radius 1 is 0.366 bits per heavy atom. The Bertz CT molecular complexity index is 7700. The average Bonchev–Trinajstić information content (AvgIpc) is 0.746. The third kappa shape index (κ3) is 20.7. The summed E-state index contributed by atoms with van der Waals surface area (Å²) < 4.78 is 111. The van der Waals surface area contributed by atoms with Crippen molar-refractivity contribution in [2.45, 2.75) is 150 Å². The number of carboxylic acids is 1. The zero-order chi connectivity index (χ0) is 100. The number of aromatic hydroxyl groups is 1. The van der Waals surface area contributed by atoms with Crippen LogP contribution < -0.4 is 55.4 Å². The largest absolute Gasteiger partial charge is 0.505 e. The predicted molar refractivity (Wildman–Crippen MR) is 510 cm³/mol. The van der Waals surface area contributed by atoms with Gasteiger partial charge in [0, 0.05) is 85.6 Å². The minimum atomic E-state index is -1.34. The van der Waals surface area contributed by atoms with Crippen molar-refractivity contribution >= 4 is 85.2 Å². The number of carboxylic acid groups (broad SMARTS) is 1. The number of aliphatic carboxylic acids is 1. The van der Waals surface area contributed by atoms with Crippen LogP contribution in [0.5, 0.6) is 46.0 Å². The molecule has 0 spiro atoms. The number of ether oxygens (including phenoxy) is 9. The summed E-state index contributed by atoms with van der Waals surface area (Å²) in [5.74, 6) is -5.26. The number of aromatic nitrogens is 8. The maximum absolute atomic E-state index is 13.9. The average molecular weight is 1930 g/mol. The highest BCUT2D eigenvalue weighted by Crippen LogP contribution is 2.45. The van der Waals surface area contributed by atoms with E-state index in [2.05, 4.69) is 19.9 Å². The van der Waals surface area contributed by atoms with Crippen molar-refractivity contribution in [1.82, 2.24) is 38.2 Å². The Morgan fingerprint density at radius 2 is 0.648 bits per heavy atom. The molecule has 4 atom stereocenters. The van der Waals surface area contributed by atoms with Crippen LogP contribution in [0.1, 0.15) is 157 Å². The maximum Gasteiger partial charge on any atom is 0.347 e. The number of nitrogens with zero attached hydrogens (tertiary/aromatic N) is 8. The zero-order valence-electron chi connectivity index (χ0n) is 77.4. The molecule has 4 aliphatic rings. The summed E-state index contributed by atoms with van der Waals surface area (Å²) in [5.41, 5.74) is 6.23. The van der Waals surface area contributed by atoms with E-state index in [9.17, 15) is 85.6 Å². The summed E-state index contributed by atoms with van der Waals surface area (Å²) in [6.45, 7) is 8.86. The lowest BCUT2D eigenvalue weighted by Gasteiger charge is -2.29. The summed E-state index contributed by atoms with van der Waals surface area (Å²) >= 11 is 0. The topological polar surface area (TPSA) is 403 Å². The lowest BCUT2D eigenvalue weighted by molar-refractivity contribution is -0.146. The van der Waals surface area contributed by atoms with Crippen molar-refractivity contribution in [2.24, 2.45) is 0 Å². The number of carbonyl (C=O) groups excluding carboxylic acids is 6. The van der Waals surface area contributed by atoms with Gasteiger partial charge in [-0.25, -0.2) is 31.9 Å². The number of hydrogen-bond acceptors (Lipinski definition) is 26. The molecule has 31 nitrogen and oxygen atoms in total. The first-order chi connectivity index (χ1) is 68.5. The van der Waals surface area contributed by atoms with E-state index in [0.717, 1.165) is 38.9 Å². The van der Waals surface area contributed by atoms with Crippen molar-refractivity contribution < 1.29 is 109 Å². The smallest absolute Gasteiger partial charge is 0.347 e. The van der Waals surface area contributed by atoms with Gasteiger partial charge >= 0.3 is 17.9 Å². The standard InChI is InChI=1S/C30H27FN2O6.C27H21FN2O6.C27H23FN2O5.C23H21FN2O6/c1-3-22(34)23-16-33-26-25(32-15-20(27(26)39-23)14-18-10-12-21(31)13-11-18)28(24(29(33)35)30(36)37-4-2)38-17-19-8-6-5-7-9-19;1-15(31)21-25(35-14-17-5-3-2-4-6-17)22-23-24(36-20(27(33)34)13-30(23)26(21)32)18(12-29-22)11-16-7-9-19(28)10-8-16;1-16(32)22-26(34-15-18-5-3-2-4-6-18)23-24-25(35-21(14-31)13-30(24)27(22)33)19(12-29-23)11-17-7-9-20(28)10-8-17;1-3-15(27)16-11-26-19-18(20(28)17(22(26)29)23(30)31-4-2)25-10-13(21(19)32-16)9-12-5-7-14(24)8-6-12/h5-13,15,23H,3-4,14,16-17H2,1-2H3;2-10,12,20H,11,13-14H2,1H3,(H,33,34);2-10,12,21,31H,11,13-15H2,1H3;5-8,10,16,28H,3-4,9,11H2,1-2H3/t23-;20-;21-;16-/m1111/s1. The Kier molecular flexibility index (Phi) is 29.8. The molecule has 0 unspecified atom stereocenters. The quantitative estimate of drug-likeness (QED) is 0.0223. The van der Waals surface area contributed by atoms with Gasteiger partial charge in [0.2, 0.25) is 6.10 Å². The highest BCUT2D eigenvalue weighted by Gasteiger charge is 2.40. The monoisotopic (exact) mass is 1930 g/mol. The van der Waals surface area contributed by atoms with Crippen molar-refractivity contribution in [2.75, 3.05) is 19.8 Å². The van der Waals surface area contributed by atoms with Gasteiger partial charge in [-0.05, 0) is 115 Å². The normalized spacial score (nSPS) is 14.4. The van der Waals surface area contributed by atoms with Crippen LogP contribution in [-0.2, 0) is 95.5 Å². The van der Waals surface area contributed by atoms with Crippen LogP contribution in [0.2, 0.25) is 0 Å². The van der Waals surface area contributed by atoms with E-state index in [1.54, 1.807) is 88.6 Å². The van der Waals surface area contributed by atoms with E-state index >= 15 is 0 Å². The molecule has 4 aliphatic heterocycles. The molecule has 0 aliphatic carbocycles. The molecule has 12 heterocycles. The minimum absolute atomic E-state index is 0.00657.